The van der Waals surface area contributed by atoms with Gasteiger partial charge in [0.2, 0.25) is 0 Å². The highest BCUT2D eigenvalue weighted by molar-refractivity contribution is 5.34. The topological polar surface area (TPSA) is 40.5 Å². The first-order valence-corrected chi connectivity index (χ1v) is 7.09. The fourth-order valence-electron chi connectivity index (χ4n) is 3.83. The van der Waals surface area contributed by atoms with E-state index in [-0.39, 0.29) is 12.5 Å². The van der Waals surface area contributed by atoms with Crippen molar-refractivity contribution in [2.45, 2.75) is 45.6 Å². The van der Waals surface area contributed by atoms with Crippen molar-refractivity contribution in [3.8, 4) is 0 Å². The fourth-order valence-corrected chi connectivity index (χ4v) is 3.83. The molecule has 4 atom stereocenters. The second-order valence-electron chi connectivity index (χ2n) is 6.65. The molecule has 0 radical (unpaired) electrons. The van der Waals surface area contributed by atoms with Crippen molar-refractivity contribution >= 4 is 0 Å². The highest BCUT2D eigenvalue weighted by Gasteiger charge is 2.47. The van der Waals surface area contributed by atoms with Crippen LogP contribution in [0, 0.1) is 23.7 Å². The molecule has 0 bridgehead atoms. The van der Waals surface area contributed by atoms with Crippen LogP contribution < -0.4 is 0 Å². The summed E-state index contributed by atoms with van der Waals surface area (Å²) in [5.41, 5.74) is 1.40. The second kappa shape index (κ2) is 4.82. The molecule has 0 amide bonds. The van der Waals surface area contributed by atoms with Gasteiger partial charge in [0.25, 0.3) is 0 Å². The Labute approximate surface area is 110 Å². The lowest BCUT2D eigenvalue weighted by molar-refractivity contribution is -0.0766. The Kier molecular flexibility index (Phi) is 3.70. The van der Waals surface area contributed by atoms with Crippen LogP contribution in [0.2, 0.25) is 0 Å². The molecule has 2 unspecified atom stereocenters. The quantitative estimate of drug-likeness (QED) is 0.791. The van der Waals surface area contributed by atoms with E-state index in [1.165, 1.54) is 0 Å². The minimum atomic E-state index is -0.587. The molecule has 2 aliphatic carbocycles. The van der Waals surface area contributed by atoms with Crippen LogP contribution in [0.5, 0.6) is 0 Å². The first-order valence-electron chi connectivity index (χ1n) is 7.09. The largest absolute Gasteiger partial charge is 0.392 e. The number of hydrogen-bond donors (Lipinski definition) is 2. The molecule has 1 fully saturated rings. The first-order chi connectivity index (χ1) is 8.36. The molecule has 2 rings (SSSR count). The van der Waals surface area contributed by atoms with Crippen LogP contribution in [-0.2, 0) is 0 Å². The zero-order valence-electron chi connectivity index (χ0n) is 11.8. The van der Waals surface area contributed by atoms with Crippen molar-refractivity contribution in [1.82, 2.24) is 0 Å². The summed E-state index contributed by atoms with van der Waals surface area (Å²) >= 11 is 0. The van der Waals surface area contributed by atoms with Crippen LogP contribution in [0.3, 0.4) is 0 Å². The summed E-state index contributed by atoms with van der Waals surface area (Å²) in [6, 6.07) is 0. The predicted molar refractivity (Wildman–Crippen MR) is 74.1 cm³/mol. The minimum absolute atomic E-state index is 0.0784. The van der Waals surface area contributed by atoms with Crippen LogP contribution in [0.1, 0.15) is 40.0 Å². The number of aliphatic hydroxyl groups is 2. The number of allylic oxidation sites excluding steroid dienone is 1. The van der Waals surface area contributed by atoms with E-state index in [2.05, 4.69) is 26.5 Å². The third-order valence-electron chi connectivity index (χ3n) is 5.08. The summed E-state index contributed by atoms with van der Waals surface area (Å²) in [6.45, 7) is 10.6. The van der Waals surface area contributed by atoms with Crippen molar-refractivity contribution < 1.29 is 10.2 Å². The van der Waals surface area contributed by atoms with Crippen LogP contribution in [-0.4, -0.2) is 22.4 Å². The van der Waals surface area contributed by atoms with Crippen LogP contribution in [0.4, 0.5) is 0 Å². The Bertz CT molecular complexity index is 365. The predicted octanol–water partition coefficient (Wildman–Crippen LogP) is 2.91. The molecular weight excluding hydrogens is 224 g/mol. The van der Waals surface area contributed by atoms with E-state index in [1.807, 2.05) is 6.92 Å². The van der Waals surface area contributed by atoms with Crippen molar-refractivity contribution in [3.05, 3.63) is 23.8 Å². The standard InChI is InChI=1S/C16H26O2/c1-10(2)13-5-6-16(4,18)15-7-11(3)12(9-17)8-14(13)15/h8,10,13-15,17-18H,3,5-7,9H2,1-2,4H3/t13-,14?,15?,16-/m0/s1. The van der Waals surface area contributed by atoms with E-state index >= 15 is 0 Å². The van der Waals surface area contributed by atoms with E-state index in [9.17, 15) is 10.2 Å². The lowest BCUT2D eigenvalue weighted by atomic mass is 9.58. The van der Waals surface area contributed by atoms with E-state index < -0.39 is 5.60 Å². The van der Waals surface area contributed by atoms with Crippen LogP contribution >= 0.6 is 0 Å². The average molecular weight is 250 g/mol. The second-order valence-corrected chi connectivity index (χ2v) is 6.65. The van der Waals surface area contributed by atoms with Crippen molar-refractivity contribution in [2.24, 2.45) is 23.7 Å². The molecule has 0 spiro atoms. The molecule has 2 N–H and O–H groups in total. The maximum Gasteiger partial charge on any atom is 0.0681 e. The summed E-state index contributed by atoms with van der Waals surface area (Å²) < 4.78 is 0. The summed E-state index contributed by atoms with van der Waals surface area (Å²) in [5.74, 6) is 1.89. The number of aliphatic hydroxyl groups excluding tert-OH is 1. The Morgan fingerprint density at radius 1 is 1.50 bits per heavy atom. The van der Waals surface area contributed by atoms with Gasteiger partial charge >= 0.3 is 0 Å². The normalized spacial score (nSPS) is 40.7. The van der Waals surface area contributed by atoms with Crippen molar-refractivity contribution in [3.63, 3.8) is 0 Å². The molecule has 0 heterocycles. The summed E-state index contributed by atoms with van der Waals surface area (Å²) in [6.07, 6.45) is 4.97. The molecule has 2 aliphatic rings. The number of rotatable bonds is 2. The maximum atomic E-state index is 10.6. The molecule has 18 heavy (non-hydrogen) atoms. The van der Waals surface area contributed by atoms with E-state index in [0.717, 1.165) is 30.4 Å². The molecule has 0 aromatic rings. The molecule has 102 valence electrons. The molecule has 0 aromatic heterocycles. The third kappa shape index (κ3) is 2.28. The zero-order valence-corrected chi connectivity index (χ0v) is 11.8. The van der Waals surface area contributed by atoms with Crippen molar-refractivity contribution in [1.29, 1.82) is 0 Å². The smallest absolute Gasteiger partial charge is 0.0681 e. The van der Waals surface area contributed by atoms with Gasteiger partial charge in [0.15, 0.2) is 0 Å². The Morgan fingerprint density at radius 3 is 2.72 bits per heavy atom. The molecule has 2 nitrogen and oxygen atoms in total. The van der Waals surface area contributed by atoms with Gasteiger partial charge in [0.1, 0.15) is 0 Å². The molecule has 0 saturated heterocycles. The highest BCUT2D eigenvalue weighted by atomic mass is 16.3. The van der Waals surface area contributed by atoms with E-state index in [1.54, 1.807) is 0 Å². The molecular formula is C16H26O2. The minimum Gasteiger partial charge on any atom is -0.392 e. The zero-order chi connectivity index (χ0) is 13.5. The number of hydrogen-bond acceptors (Lipinski definition) is 2. The van der Waals surface area contributed by atoms with Gasteiger partial charge in [-0.1, -0.05) is 26.5 Å². The molecule has 1 saturated carbocycles. The fraction of sp³-hybridized carbons (Fsp3) is 0.750. The van der Waals surface area contributed by atoms with Crippen molar-refractivity contribution in [2.75, 3.05) is 6.61 Å². The lowest BCUT2D eigenvalue weighted by Crippen LogP contribution is -2.48. The van der Waals surface area contributed by atoms with Gasteiger partial charge in [-0.15, -0.1) is 0 Å². The van der Waals surface area contributed by atoms with Gasteiger partial charge in [-0.2, -0.15) is 0 Å². The third-order valence-corrected chi connectivity index (χ3v) is 5.08. The Hall–Kier alpha value is -0.600. The van der Waals surface area contributed by atoms with Gasteiger partial charge < -0.3 is 10.2 Å². The number of fused-ring (bicyclic) bond motifs is 1. The summed E-state index contributed by atoms with van der Waals surface area (Å²) in [7, 11) is 0. The molecule has 2 heteroatoms. The van der Waals surface area contributed by atoms with E-state index in [4.69, 9.17) is 0 Å². The van der Waals surface area contributed by atoms with Crippen LogP contribution in [0.15, 0.2) is 23.8 Å². The summed E-state index contributed by atoms with van der Waals surface area (Å²) in [4.78, 5) is 0. The van der Waals surface area contributed by atoms with Gasteiger partial charge in [-0.25, -0.2) is 0 Å². The monoisotopic (exact) mass is 250 g/mol. The molecule has 0 aliphatic heterocycles. The lowest BCUT2D eigenvalue weighted by Gasteiger charge is -2.50. The van der Waals surface area contributed by atoms with Gasteiger partial charge in [0.05, 0.1) is 12.2 Å². The Balaban J connectivity index is 2.36. The van der Waals surface area contributed by atoms with Gasteiger partial charge in [-0.3, -0.25) is 0 Å². The first kappa shape index (κ1) is 13.8. The highest BCUT2D eigenvalue weighted by Crippen LogP contribution is 2.50. The summed E-state index contributed by atoms with van der Waals surface area (Å²) in [5, 5.41) is 20.0. The van der Waals surface area contributed by atoms with Gasteiger partial charge in [-0.05, 0) is 61.0 Å². The van der Waals surface area contributed by atoms with Gasteiger partial charge in [0, 0.05) is 0 Å². The Morgan fingerprint density at radius 2 is 2.17 bits per heavy atom. The average Bonchev–Trinajstić information content (AvgIpc) is 2.29. The maximum absolute atomic E-state index is 10.6. The van der Waals surface area contributed by atoms with Crippen LogP contribution in [0.25, 0.3) is 0 Å². The van der Waals surface area contributed by atoms with E-state index in [0.29, 0.717) is 17.8 Å². The SMILES string of the molecule is C=C1CC2C(C=C1CO)[C@H](C(C)C)CC[C@]2(C)O. The molecule has 0 aromatic carbocycles.